The van der Waals surface area contributed by atoms with Crippen LogP contribution < -0.4 is 5.32 Å². The van der Waals surface area contributed by atoms with Crippen LogP contribution in [0.1, 0.15) is 46.1 Å². The van der Waals surface area contributed by atoms with Gasteiger partial charge in [0.1, 0.15) is 22.0 Å². The predicted octanol–water partition coefficient (Wildman–Crippen LogP) is 4.53. The highest BCUT2D eigenvalue weighted by Crippen LogP contribution is 2.20. The first-order chi connectivity index (χ1) is 11.7. The maximum atomic E-state index is 12.5. The molecule has 0 aliphatic heterocycles. The second-order valence-electron chi connectivity index (χ2n) is 6.16. The molecular weight excluding hydrogens is 386 g/mol. The van der Waals surface area contributed by atoms with E-state index in [-0.39, 0.29) is 5.97 Å². The zero-order valence-corrected chi connectivity index (χ0v) is 17.2. The van der Waals surface area contributed by atoms with Crippen molar-refractivity contribution in [3.63, 3.8) is 0 Å². The van der Waals surface area contributed by atoms with Crippen LogP contribution in [-0.4, -0.2) is 27.6 Å². The second kappa shape index (κ2) is 9.56. The summed E-state index contributed by atoms with van der Waals surface area (Å²) in [5.74, 6) is 0.797. The van der Waals surface area contributed by atoms with Crippen molar-refractivity contribution in [3.8, 4) is 0 Å². The lowest BCUT2D eigenvalue weighted by atomic mass is 10.1. The summed E-state index contributed by atoms with van der Waals surface area (Å²) in [6, 6.07) is 2.96. The van der Waals surface area contributed by atoms with Crippen molar-refractivity contribution in [2.24, 2.45) is 0 Å². The van der Waals surface area contributed by atoms with E-state index in [0.29, 0.717) is 22.6 Å². The van der Waals surface area contributed by atoms with Crippen molar-refractivity contribution < 1.29 is 13.9 Å². The topological polar surface area (TPSA) is 77.2 Å². The number of esters is 1. The largest absolute Gasteiger partial charge is 0.469 e. The maximum Gasteiger partial charge on any atom is 0.329 e. The highest BCUT2D eigenvalue weighted by molar-refractivity contribution is 9.10. The van der Waals surface area contributed by atoms with Gasteiger partial charge in [-0.2, -0.15) is 0 Å². The van der Waals surface area contributed by atoms with Crippen LogP contribution in [0.25, 0.3) is 0 Å². The third-order valence-electron chi connectivity index (χ3n) is 2.84. The number of ether oxygens (including phenoxy) is 1. The standard InChI is InChI=1S/C16H20BrN3O3.C2H6/c1-10-9-18-14(13(17)19-10)20-12(8-11-6-5-7-22-11)15(21)23-16(2,3)4;1-2/h5-7,9,12H,8H2,1-4H3,(H,18,20);1-2H3. The van der Waals surface area contributed by atoms with Crippen molar-refractivity contribution in [2.75, 3.05) is 5.32 Å². The third kappa shape index (κ3) is 7.25. The Balaban J connectivity index is 0.00000151. The number of aryl methyl sites for hydroxylation is 1. The summed E-state index contributed by atoms with van der Waals surface area (Å²) >= 11 is 3.35. The molecule has 0 saturated carbocycles. The highest BCUT2D eigenvalue weighted by atomic mass is 79.9. The number of anilines is 1. The molecule has 0 radical (unpaired) electrons. The van der Waals surface area contributed by atoms with Gasteiger partial charge in [0.25, 0.3) is 0 Å². The third-order valence-corrected chi connectivity index (χ3v) is 3.39. The molecule has 6 nitrogen and oxygen atoms in total. The molecule has 0 saturated heterocycles. The number of aromatic nitrogens is 2. The Morgan fingerprint density at radius 1 is 1.40 bits per heavy atom. The Morgan fingerprint density at radius 2 is 2.08 bits per heavy atom. The zero-order valence-electron chi connectivity index (χ0n) is 15.6. The fourth-order valence-corrected chi connectivity index (χ4v) is 2.40. The first kappa shape index (κ1) is 21.2. The summed E-state index contributed by atoms with van der Waals surface area (Å²) in [7, 11) is 0. The Morgan fingerprint density at radius 3 is 2.60 bits per heavy atom. The average molecular weight is 412 g/mol. The van der Waals surface area contributed by atoms with Crippen LogP contribution in [0.3, 0.4) is 0 Å². The molecule has 2 aromatic rings. The molecule has 0 fully saturated rings. The molecule has 0 aromatic carbocycles. The number of nitrogens with zero attached hydrogens (tertiary/aromatic N) is 2. The Hall–Kier alpha value is -1.89. The van der Waals surface area contributed by atoms with E-state index in [9.17, 15) is 4.79 Å². The molecule has 7 heteroatoms. The lowest BCUT2D eigenvalue weighted by Crippen LogP contribution is -2.38. The number of hydrogen-bond acceptors (Lipinski definition) is 6. The molecule has 0 aliphatic rings. The molecule has 1 N–H and O–H groups in total. The van der Waals surface area contributed by atoms with E-state index in [1.807, 2.05) is 47.6 Å². The van der Waals surface area contributed by atoms with Crippen LogP contribution in [0, 0.1) is 6.92 Å². The summed E-state index contributed by atoms with van der Waals surface area (Å²) in [4.78, 5) is 21.0. The minimum Gasteiger partial charge on any atom is -0.469 e. The van der Waals surface area contributed by atoms with Crippen molar-refractivity contribution in [3.05, 3.63) is 40.7 Å². The number of rotatable bonds is 5. The minimum absolute atomic E-state index is 0.351. The van der Waals surface area contributed by atoms with E-state index in [4.69, 9.17) is 9.15 Å². The summed E-state index contributed by atoms with van der Waals surface area (Å²) in [6.07, 6.45) is 3.55. The Bertz CT molecular complexity index is 667. The Kier molecular flexibility index (Phi) is 8.09. The molecule has 1 atom stereocenters. The first-order valence-corrected chi connectivity index (χ1v) is 9.05. The molecule has 0 spiro atoms. The zero-order chi connectivity index (χ0) is 19.0. The van der Waals surface area contributed by atoms with Gasteiger partial charge < -0.3 is 14.5 Å². The van der Waals surface area contributed by atoms with E-state index < -0.39 is 11.6 Å². The number of halogens is 1. The highest BCUT2D eigenvalue weighted by Gasteiger charge is 2.27. The van der Waals surface area contributed by atoms with Gasteiger partial charge in [-0.15, -0.1) is 0 Å². The SMILES string of the molecule is CC.Cc1cnc(NC(Cc2ccco2)C(=O)OC(C)(C)C)c(Br)n1. The van der Waals surface area contributed by atoms with Gasteiger partial charge in [-0.25, -0.2) is 14.8 Å². The van der Waals surface area contributed by atoms with Crippen LogP contribution in [-0.2, 0) is 16.0 Å². The lowest BCUT2D eigenvalue weighted by molar-refractivity contribution is -0.155. The quantitative estimate of drug-likeness (QED) is 0.727. The summed E-state index contributed by atoms with van der Waals surface area (Å²) in [6.45, 7) is 11.3. The smallest absolute Gasteiger partial charge is 0.329 e. The molecule has 25 heavy (non-hydrogen) atoms. The van der Waals surface area contributed by atoms with Crippen molar-refractivity contribution in [1.29, 1.82) is 0 Å². The van der Waals surface area contributed by atoms with Gasteiger partial charge in [0.2, 0.25) is 0 Å². The second-order valence-corrected chi connectivity index (χ2v) is 6.92. The van der Waals surface area contributed by atoms with E-state index in [0.717, 1.165) is 5.69 Å². The molecule has 0 aliphatic carbocycles. The van der Waals surface area contributed by atoms with Crippen LogP contribution >= 0.6 is 15.9 Å². The monoisotopic (exact) mass is 411 g/mol. The molecule has 138 valence electrons. The summed E-state index contributed by atoms with van der Waals surface area (Å²) < 4.78 is 11.4. The molecular formula is C18H26BrN3O3. The maximum absolute atomic E-state index is 12.5. The van der Waals surface area contributed by atoms with E-state index >= 15 is 0 Å². The molecule has 1 unspecified atom stereocenters. The van der Waals surface area contributed by atoms with Crippen LogP contribution in [0.4, 0.5) is 5.82 Å². The fraction of sp³-hybridized carbons (Fsp3) is 0.500. The summed E-state index contributed by atoms with van der Waals surface area (Å²) in [5.41, 5.74) is 0.207. The van der Waals surface area contributed by atoms with Gasteiger partial charge in [-0.3, -0.25) is 0 Å². The molecule has 2 heterocycles. The van der Waals surface area contributed by atoms with Gasteiger partial charge in [0.05, 0.1) is 18.2 Å². The van der Waals surface area contributed by atoms with Gasteiger partial charge >= 0.3 is 5.97 Å². The fourth-order valence-electron chi connectivity index (χ4n) is 1.91. The number of carbonyl (C=O) groups excluding carboxylic acids is 1. The number of furan rings is 1. The Labute approximate surface area is 157 Å². The van der Waals surface area contributed by atoms with Crippen LogP contribution in [0.5, 0.6) is 0 Å². The van der Waals surface area contributed by atoms with Crippen LogP contribution in [0.15, 0.2) is 33.6 Å². The number of carbonyl (C=O) groups is 1. The van der Waals surface area contributed by atoms with Crippen molar-refractivity contribution in [1.82, 2.24) is 9.97 Å². The van der Waals surface area contributed by atoms with Crippen LogP contribution in [0.2, 0.25) is 0 Å². The van der Waals surface area contributed by atoms with E-state index in [2.05, 4.69) is 31.2 Å². The minimum atomic E-state index is -0.631. The molecule has 2 aromatic heterocycles. The number of nitrogens with one attached hydrogen (secondary N) is 1. The average Bonchev–Trinajstić information content (AvgIpc) is 3.02. The first-order valence-electron chi connectivity index (χ1n) is 8.25. The van der Waals surface area contributed by atoms with Gasteiger partial charge in [-0.1, -0.05) is 13.8 Å². The lowest BCUT2D eigenvalue weighted by Gasteiger charge is -2.24. The number of hydrogen-bond donors (Lipinski definition) is 1. The van der Waals surface area contributed by atoms with E-state index in [1.54, 1.807) is 18.5 Å². The van der Waals surface area contributed by atoms with E-state index in [1.165, 1.54) is 0 Å². The molecule has 0 bridgehead atoms. The van der Waals surface area contributed by atoms with Crippen molar-refractivity contribution in [2.45, 2.75) is 59.6 Å². The molecule has 2 rings (SSSR count). The van der Waals surface area contributed by atoms with Gasteiger partial charge in [0, 0.05) is 6.42 Å². The summed E-state index contributed by atoms with van der Waals surface area (Å²) in [5, 5.41) is 3.08. The molecule has 0 amide bonds. The normalized spacial score (nSPS) is 12.0. The van der Waals surface area contributed by atoms with Gasteiger partial charge in [0.15, 0.2) is 5.82 Å². The van der Waals surface area contributed by atoms with Gasteiger partial charge in [-0.05, 0) is 55.8 Å². The predicted molar refractivity (Wildman–Crippen MR) is 101 cm³/mol. The van der Waals surface area contributed by atoms with Crippen molar-refractivity contribution >= 4 is 27.7 Å².